The Morgan fingerprint density at radius 1 is 1.33 bits per heavy atom. The molecule has 2 aromatic heterocycles. The van der Waals surface area contributed by atoms with Crippen molar-refractivity contribution in [1.29, 1.82) is 0 Å². The lowest BCUT2D eigenvalue weighted by Gasteiger charge is -2.15. The zero-order valence-electron chi connectivity index (χ0n) is 13.6. The molecule has 0 spiro atoms. The lowest BCUT2D eigenvalue weighted by atomic mass is 10.2. The summed E-state index contributed by atoms with van der Waals surface area (Å²) >= 11 is 6.26. The Morgan fingerprint density at radius 2 is 2.17 bits per heavy atom. The number of halogens is 1. The molecule has 3 heterocycles. The molecule has 0 N–H and O–H groups in total. The van der Waals surface area contributed by atoms with E-state index in [1.165, 1.54) is 0 Å². The molecule has 0 bridgehead atoms. The summed E-state index contributed by atoms with van der Waals surface area (Å²) in [5.74, 6) is 0.806. The molecule has 0 saturated heterocycles. The maximum Gasteiger partial charge on any atom is 0.271 e. The number of aromatic nitrogens is 3. The summed E-state index contributed by atoms with van der Waals surface area (Å²) in [5.41, 5.74) is 3.56. The van der Waals surface area contributed by atoms with Crippen LogP contribution in [0.5, 0.6) is 0 Å². The summed E-state index contributed by atoms with van der Waals surface area (Å²) in [6.07, 6.45) is 2.63. The van der Waals surface area contributed by atoms with Crippen molar-refractivity contribution in [1.82, 2.24) is 19.4 Å². The van der Waals surface area contributed by atoms with E-state index in [0.717, 1.165) is 34.4 Å². The van der Waals surface area contributed by atoms with Gasteiger partial charge >= 0.3 is 0 Å². The second-order valence-corrected chi connectivity index (χ2v) is 6.44. The standard InChI is InChI=1S/C18H17ClN4O/c1-3-17-20-8-11-9-23(10-14(11)21-17)18(24)16-7-12-13(19)5-4-6-15(12)22(16)2/h4-8H,3,9-10H2,1-2H3. The molecule has 5 nitrogen and oxygen atoms in total. The molecule has 0 atom stereocenters. The molecule has 122 valence electrons. The highest BCUT2D eigenvalue weighted by Gasteiger charge is 2.28. The van der Waals surface area contributed by atoms with Gasteiger partial charge in [0.25, 0.3) is 5.91 Å². The van der Waals surface area contributed by atoms with Gasteiger partial charge in [0.2, 0.25) is 0 Å². The van der Waals surface area contributed by atoms with E-state index in [0.29, 0.717) is 23.8 Å². The van der Waals surface area contributed by atoms with Gasteiger partial charge in [-0.1, -0.05) is 24.6 Å². The fourth-order valence-corrected chi connectivity index (χ4v) is 3.42. The first-order chi connectivity index (χ1) is 11.6. The Balaban J connectivity index is 1.68. The Bertz CT molecular complexity index is 963. The second-order valence-electron chi connectivity index (χ2n) is 6.03. The number of benzene rings is 1. The predicted molar refractivity (Wildman–Crippen MR) is 92.9 cm³/mol. The van der Waals surface area contributed by atoms with Gasteiger partial charge in [-0.25, -0.2) is 9.97 Å². The molecule has 4 rings (SSSR count). The summed E-state index contributed by atoms with van der Waals surface area (Å²) in [6, 6.07) is 7.57. The number of hydrogen-bond donors (Lipinski definition) is 0. The number of fused-ring (bicyclic) bond motifs is 2. The van der Waals surface area contributed by atoms with Crippen molar-refractivity contribution in [2.45, 2.75) is 26.4 Å². The Hall–Kier alpha value is -2.40. The van der Waals surface area contributed by atoms with Crippen LogP contribution < -0.4 is 0 Å². The van der Waals surface area contributed by atoms with E-state index in [2.05, 4.69) is 9.97 Å². The van der Waals surface area contributed by atoms with Crippen LogP contribution >= 0.6 is 11.6 Å². The molecule has 1 amide bonds. The predicted octanol–water partition coefficient (Wildman–Crippen LogP) is 3.34. The van der Waals surface area contributed by atoms with Crippen molar-refractivity contribution in [2.75, 3.05) is 0 Å². The molecule has 6 heteroatoms. The highest BCUT2D eigenvalue weighted by atomic mass is 35.5. The number of aryl methyl sites for hydroxylation is 2. The van der Waals surface area contributed by atoms with E-state index in [-0.39, 0.29) is 5.91 Å². The fraction of sp³-hybridized carbons (Fsp3) is 0.278. The van der Waals surface area contributed by atoms with Crippen LogP contribution in [0.1, 0.15) is 34.5 Å². The van der Waals surface area contributed by atoms with Gasteiger partial charge in [-0.15, -0.1) is 0 Å². The zero-order chi connectivity index (χ0) is 16.8. The zero-order valence-corrected chi connectivity index (χ0v) is 14.3. The first kappa shape index (κ1) is 15.1. The third-order valence-electron chi connectivity index (χ3n) is 4.56. The molecule has 0 fully saturated rings. The lowest BCUT2D eigenvalue weighted by Crippen LogP contribution is -2.27. The largest absolute Gasteiger partial charge is 0.340 e. The summed E-state index contributed by atoms with van der Waals surface area (Å²) in [7, 11) is 1.89. The molecule has 0 radical (unpaired) electrons. The minimum atomic E-state index is -0.0131. The molecular formula is C18H17ClN4O. The van der Waals surface area contributed by atoms with Gasteiger partial charge in [0.05, 0.1) is 12.2 Å². The number of nitrogens with zero attached hydrogens (tertiary/aromatic N) is 4. The third-order valence-corrected chi connectivity index (χ3v) is 4.89. The van der Waals surface area contributed by atoms with Crippen molar-refractivity contribution < 1.29 is 4.79 Å². The van der Waals surface area contributed by atoms with E-state index in [1.54, 1.807) is 4.90 Å². The molecule has 1 aliphatic heterocycles. The van der Waals surface area contributed by atoms with E-state index in [9.17, 15) is 4.79 Å². The van der Waals surface area contributed by atoms with Gasteiger partial charge in [-0.3, -0.25) is 4.79 Å². The lowest BCUT2D eigenvalue weighted by molar-refractivity contribution is 0.0741. The smallest absolute Gasteiger partial charge is 0.271 e. The SMILES string of the molecule is CCc1ncc2c(n1)CN(C(=O)c1cc3c(Cl)cccc3n1C)C2. The highest BCUT2D eigenvalue weighted by Crippen LogP contribution is 2.28. The third kappa shape index (κ3) is 2.27. The van der Waals surface area contributed by atoms with Crippen LogP contribution in [-0.2, 0) is 26.6 Å². The van der Waals surface area contributed by atoms with Gasteiger partial charge in [0.15, 0.2) is 0 Å². The first-order valence-electron chi connectivity index (χ1n) is 7.95. The van der Waals surface area contributed by atoms with Crippen molar-refractivity contribution >= 4 is 28.4 Å². The summed E-state index contributed by atoms with van der Waals surface area (Å²) in [4.78, 5) is 23.7. The number of rotatable bonds is 2. The first-order valence-corrected chi connectivity index (χ1v) is 8.33. The van der Waals surface area contributed by atoms with Crippen molar-refractivity contribution in [3.05, 3.63) is 58.3 Å². The van der Waals surface area contributed by atoms with E-state index in [1.807, 2.05) is 49.0 Å². The molecule has 24 heavy (non-hydrogen) atoms. The average Bonchev–Trinajstić information content (AvgIpc) is 3.16. The van der Waals surface area contributed by atoms with Crippen LogP contribution in [0.2, 0.25) is 5.02 Å². The topological polar surface area (TPSA) is 51.0 Å². The molecule has 3 aromatic rings. The second kappa shape index (κ2) is 5.60. The van der Waals surface area contributed by atoms with Gasteiger partial charge < -0.3 is 9.47 Å². The quantitative estimate of drug-likeness (QED) is 0.719. The minimum Gasteiger partial charge on any atom is -0.340 e. The number of carbonyl (C=O) groups excluding carboxylic acids is 1. The summed E-state index contributed by atoms with van der Waals surface area (Å²) in [6.45, 7) is 3.10. The van der Waals surface area contributed by atoms with Crippen LogP contribution in [0.15, 0.2) is 30.5 Å². The maximum absolute atomic E-state index is 13.0. The summed E-state index contributed by atoms with van der Waals surface area (Å²) < 4.78 is 1.90. The van der Waals surface area contributed by atoms with Crippen LogP contribution in [-0.4, -0.2) is 25.3 Å². The number of hydrogen-bond acceptors (Lipinski definition) is 3. The van der Waals surface area contributed by atoms with Crippen LogP contribution in [0.4, 0.5) is 0 Å². The van der Waals surface area contributed by atoms with E-state index >= 15 is 0 Å². The Kier molecular flexibility index (Phi) is 3.53. The number of amides is 1. The molecule has 1 aliphatic rings. The molecular weight excluding hydrogens is 324 g/mol. The Morgan fingerprint density at radius 3 is 2.92 bits per heavy atom. The maximum atomic E-state index is 13.0. The van der Waals surface area contributed by atoms with Gasteiger partial charge in [0, 0.05) is 47.7 Å². The molecule has 0 saturated carbocycles. The van der Waals surface area contributed by atoms with Crippen molar-refractivity contribution in [3.63, 3.8) is 0 Å². The van der Waals surface area contributed by atoms with Crippen molar-refractivity contribution in [2.24, 2.45) is 7.05 Å². The minimum absolute atomic E-state index is 0.0131. The summed E-state index contributed by atoms with van der Waals surface area (Å²) in [5, 5.41) is 1.56. The van der Waals surface area contributed by atoms with Crippen LogP contribution in [0.3, 0.4) is 0 Å². The molecule has 1 aromatic carbocycles. The average molecular weight is 341 g/mol. The monoisotopic (exact) mass is 340 g/mol. The van der Waals surface area contributed by atoms with Crippen LogP contribution in [0.25, 0.3) is 10.9 Å². The Labute approximate surface area is 144 Å². The van der Waals surface area contributed by atoms with E-state index in [4.69, 9.17) is 11.6 Å². The molecule has 0 aliphatic carbocycles. The van der Waals surface area contributed by atoms with Gasteiger partial charge in [0.1, 0.15) is 11.5 Å². The van der Waals surface area contributed by atoms with E-state index < -0.39 is 0 Å². The normalized spacial score (nSPS) is 13.5. The van der Waals surface area contributed by atoms with Crippen molar-refractivity contribution in [3.8, 4) is 0 Å². The number of carbonyl (C=O) groups is 1. The highest BCUT2D eigenvalue weighted by molar-refractivity contribution is 6.35. The fourth-order valence-electron chi connectivity index (χ4n) is 3.20. The van der Waals surface area contributed by atoms with Gasteiger partial charge in [-0.2, -0.15) is 0 Å². The van der Waals surface area contributed by atoms with Crippen LogP contribution in [0, 0.1) is 0 Å². The van der Waals surface area contributed by atoms with Gasteiger partial charge in [-0.05, 0) is 18.2 Å². The molecule has 0 unspecified atom stereocenters.